The fourth-order valence-electron chi connectivity index (χ4n) is 2.93. The van der Waals surface area contributed by atoms with Gasteiger partial charge in [0.2, 0.25) is 11.8 Å². The second-order valence-electron chi connectivity index (χ2n) is 5.42. The van der Waals surface area contributed by atoms with Crippen molar-refractivity contribution in [3.05, 3.63) is 0 Å². The van der Waals surface area contributed by atoms with Crippen molar-refractivity contribution in [2.75, 3.05) is 32.7 Å². The third kappa shape index (κ3) is 3.69. The van der Waals surface area contributed by atoms with Gasteiger partial charge < -0.3 is 15.1 Å². The fourth-order valence-corrected chi connectivity index (χ4v) is 2.93. The SMILES string of the molecule is CCNC1CCN(CCC(=O)N2CCCCC2)C1=O. The second-order valence-corrected chi connectivity index (χ2v) is 5.42. The minimum absolute atomic E-state index is 0.0323. The maximum atomic E-state index is 12.0. The van der Waals surface area contributed by atoms with E-state index in [0.29, 0.717) is 13.0 Å². The van der Waals surface area contributed by atoms with Crippen LogP contribution in [0.2, 0.25) is 0 Å². The molecule has 0 aromatic carbocycles. The van der Waals surface area contributed by atoms with E-state index in [1.165, 1.54) is 6.42 Å². The monoisotopic (exact) mass is 267 g/mol. The molecule has 5 heteroatoms. The molecule has 5 nitrogen and oxygen atoms in total. The number of amides is 2. The largest absolute Gasteiger partial charge is 0.343 e. The number of piperidine rings is 1. The molecule has 108 valence electrons. The van der Waals surface area contributed by atoms with Gasteiger partial charge in [0.25, 0.3) is 0 Å². The van der Waals surface area contributed by atoms with E-state index in [0.717, 1.165) is 45.4 Å². The van der Waals surface area contributed by atoms with E-state index >= 15 is 0 Å². The molecular formula is C14H25N3O2. The molecule has 0 saturated carbocycles. The Morgan fingerprint density at radius 3 is 2.68 bits per heavy atom. The molecule has 0 aromatic heterocycles. The summed E-state index contributed by atoms with van der Waals surface area (Å²) in [6, 6.07) is -0.0323. The Hall–Kier alpha value is -1.10. The summed E-state index contributed by atoms with van der Waals surface area (Å²) in [6.07, 6.45) is 4.82. The molecule has 2 amide bonds. The van der Waals surface area contributed by atoms with Crippen LogP contribution in [-0.4, -0.2) is 60.4 Å². The second kappa shape index (κ2) is 6.89. The Morgan fingerprint density at radius 1 is 1.26 bits per heavy atom. The summed E-state index contributed by atoms with van der Waals surface area (Å²) in [5, 5.41) is 3.19. The first kappa shape index (κ1) is 14.3. The van der Waals surface area contributed by atoms with Crippen molar-refractivity contribution in [1.82, 2.24) is 15.1 Å². The van der Waals surface area contributed by atoms with Gasteiger partial charge in [0.05, 0.1) is 6.04 Å². The average Bonchev–Trinajstić information content (AvgIpc) is 2.79. The van der Waals surface area contributed by atoms with Gasteiger partial charge in [-0.25, -0.2) is 0 Å². The lowest BCUT2D eigenvalue weighted by Crippen LogP contribution is -2.41. The van der Waals surface area contributed by atoms with E-state index in [4.69, 9.17) is 0 Å². The minimum atomic E-state index is -0.0323. The van der Waals surface area contributed by atoms with Crippen LogP contribution in [-0.2, 0) is 9.59 Å². The van der Waals surface area contributed by atoms with Gasteiger partial charge in [-0.2, -0.15) is 0 Å². The predicted molar refractivity (Wildman–Crippen MR) is 73.7 cm³/mol. The maximum absolute atomic E-state index is 12.0. The number of hydrogen-bond donors (Lipinski definition) is 1. The summed E-state index contributed by atoms with van der Waals surface area (Å²) < 4.78 is 0. The van der Waals surface area contributed by atoms with Crippen molar-refractivity contribution in [1.29, 1.82) is 0 Å². The molecule has 1 unspecified atom stereocenters. The summed E-state index contributed by atoms with van der Waals surface area (Å²) in [4.78, 5) is 27.8. The molecule has 2 rings (SSSR count). The molecule has 2 aliphatic rings. The van der Waals surface area contributed by atoms with E-state index in [9.17, 15) is 9.59 Å². The molecule has 2 saturated heterocycles. The van der Waals surface area contributed by atoms with Crippen molar-refractivity contribution in [2.45, 2.75) is 45.1 Å². The molecule has 1 N–H and O–H groups in total. The Kier molecular flexibility index (Phi) is 5.19. The lowest BCUT2D eigenvalue weighted by atomic mass is 10.1. The summed E-state index contributed by atoms with van der Waals surface area (Å²) >= 11 is 0. The highest BCUT2D eigenvalue weighted by Crippen LogP contribution is 2.13. The molecule has 0 radical (unpaired) electrons. The molecular weight excluding hydrogens is 242 g/mol. The van der Waals surface area contributed by atoms with E-state index in [-0.39, 0.29) is 17.9 Å². The highest BCUT2D eigenvalue weighted by molar-refractivity contribution is 5.84. The zero-order chi connectivity index (χ0) is 13.7. The summed E-state index contributed by atoms with van der Waals surface area (Å²) in [5.74, 6) is 0.368. The number of likely N-dealkylation sites (tertiary alicyclic amines) is 2. The van der Waals surface area contributed by atoms with Crippen LogP contribution >= 0.6 is 0 Å². The van der Waals surface area contributed by atoms with Crippen molar-refractivity contribution >= 4 is 11.8 Å². The van der Waals surface area contributed by atoms with E-state index in [1.54, 1.807) is 0 Å². The zero-order valence-corrected chi connectivity index (χ0v) is 11.9. The van der Waals surface area contributed by atoms with Gasteiger partial charge in [-0.3, -0.25) is 9.59 Å². The lowest BCUT2D eigenvalue weighted by molar-refractivity contribution is -0.134. The summed E-state index contributed by atoms with van der Waals surface area (Å²) in [5.41, 5.74) is 0. The number of hydrogen-bond acceptors (Lipinski definition) is 3. The average molecular weight is 267 g/mol. The number of carbonyl (C=O) groups is 2. The van der Waals surface area contributed by atoms with Gasteiger partial charge in [-0.05, 0) is 32.2 Å². The van der Waals surface area contributed by atoms with Gasteiger partial charge in [-0.15, -0.1) is 0 Å². The number of nitrogens with one attached hydrogen (secondary N) is 1. The number of rotatable bonds is 5. The Morgan fingerprint density at radius 2 is 2.00 bits per heavy atom. The molecule has 2 heterocycles. The Balaban J connectivity index is 1.73. The highest BCUT2D eigenvalue weighted by Gasteiger charge is 2.31. The van der Waals surface area contributed by atoms with Crippen LogP contribution in [0.4, 0.5) is 0 Å². The van der Waals surface area contributed by atoms with Crippen molar-refractivity contribution in [3.63, 3.8) is 0 Å². The van der Waals surface area contributed by atoms with Crippen LogP contribution < -0.4 is 5.32 Å². The minimum Gasteiger partial charge on any atom is -0.343 e. The molecule has 2 aliphatic heterocycles. The highest BCUT2D eigenvalue weighted by atomic mass is 16.2. The van der Waals surface area contributed by atoms with Crippen molar-refractivity contribution in [3.8, 4) is 0 Å². The number of nitrogens with zero attached hydrogens (tertiary/aromatic N) is 2. The number of likely N-dealkylation sites (N-methyl/N-ethyl adjacent to an activating group) is 1. The topological polar surface area (TPSA) is 52.7 Å². The summed E-state index contributed by atoms with van der Waals surface area (Å²) in [6.45, 7) is 5.98. The zero-order valence-electron chi connectivity index (χ0n) is 11.9. The first-order valence-corrected chi connectivity index (χ1v) is 7.52. The molecule has 19 heavy (non-hydrogen) atoms. The normalized spacial score (nSPS) is 24.1. The molecule has 0 aromatic rings. The van der Waals surface area contributed by atoms with Crippen LogP contribution in [0.5, 0.6) is 0 Å². The van der Waals surface area contributed by atoms with Crippen LogP contribution in [0.3, 0.4) is 0 Å². The molecule has 2 fully saturated rings. The standard InChI is InChI=1S/C14H25N3O2/c1-2-15-12-6-10-17(14(12)19)11-7-13(18)16-8-4-3-5-9-16/h12,15H,2-11H2,1H3. The molecule has 0 spiro atoms. The van der Waals surface area contributed by atoms with Crippen LogP contribution in [0.25, 0.3) is 0 Å². The maximum Gasteiger partial charge on any atom is 0.239 e. The predicted octanol–water partition coefficient (Wildman–Crippen LogP) is 0.599. The van der Waals surface area contributed by atoms with Gasteiger partial charge in [-0.1, -0.05) is 6.92 Å². The first-order valence-electron chi connectivity index (χ1n) is 7.52. The molecule has 1 atom stereocenters. The van der Waals surface area contributed by atoms with Gasteiger partial charge in [0.15, 0.2) is 0 Å². The summed E-state index contributed by atoms with van der Waals surface area (Å²) in [7, 11) is 0. The Labute approximate surface area is 115 Å². The van der Waals surface area contributed by atoms with Crippen LogP contribution in [0.1, 0.15) is 39.0 Å². The van der Waals surface area contributed by atoms with E-state index < -0.39 is 0 Å². The fraction of sp³-hybridized carbons (Fsp3) is 0.857. The van der Waals surface area contributed by atoms with E-state index in [2.05, 4.69) is 5.32 Å². The molecule has 0 bridgehead atoms. The van der Waals surface area contributed by atoms with Crippen molar-refractivity contribution < 1.29 is 9.59 Å². The quantitative estimate of drug-likeness (QED) is 0.793. The van der Waals surface area contributed by atoms with Gasteiger partial charge >= 0.3 is 0 Å². The van der Waals surface area contributed by atoms with Crippen LogP contribution in [0, 0.1) is 0 Å². The Bertz CT molecular complexity index is 327. The van der Waals surface area contributed by atoms with E-state index in [1.807, 2.05) is 16.7 Å². The number of carbonyl (C=O) groups excluding carboxylic acids is 2. The van der Waals surface area contributed by atoms with Gasteiger partial charge in [0, 0.05) is 32.6 Å². The third-order valence-electron chi connectivity index (χ3n) is 4.05. The van der Waals surface area contributed by atoms with Crippen molar-refractivity contribution in [2.24, 2.45) is 0 Å². The first-order chi connectivity index (χ1) is 9.22. The third-order valence-corrected chi connectivity index (χ3v) is 4.05. The van der Waals surface area contributed by atoms with Gasteiger partial charge in [0.1, 0.15) is 0 Å². The van der Waals surface area contributed by atoms with Crippen LogP contribution in [0.15, 0.2) is 0 Å². The smallest absolute Gasteiger partial charge is 0.239 e. The molecule has 0 aliphatic carbocycles. The lowest BCUT2D eigenvalue weighted by Gasteiger charge is -2.27.